The molecule has 0 amide bonds. The van der Waals surface area contributed by atoms with Gasteiger partial charge in [-0.15, -0.1) is 0 Å². The number of nitrogens with zero attached hydrogens (tertiary/aromatic N) is 1. The fraction of sp³-hybridized carbons (Fsp3) is 1.00. The molecule has 0 aliphatic carbocycles. The van der Waals surface area contributed by atoms with Crippen molar-refractivity contribution in [3.8, 4) is 0 Å². The summed E-state index contributed by atoms with van der Waals surface area (Å²) in [5.74, 6) is 0. The van der Waals surface area contributed by atoms with E-state index in [-0.39, 0.29) is 14.9 Å². The summed E-state index contributed by atoms with van der Waals surface area (Å²) in [5.41, 5.74) is 4.50. The van der Waals surface area contributed by atoms with Gasteiger partial charge in [0, 0.05) is 0 Å². The maximum Gasteiger partial charge on any atom is -0.0140 e. The topological polar surface area (TPSA) is 29.3 Å². The van der Waals surface area contributed by atoms with Crippen molar-refractivity contribution in [2.75, 3.05) is 28.2 Å². The van der Waals surface area contributed by atoms with Crippen molar-refractivity contribution in [2.45, 2.75) is 28.7 Å². The molecule has 0 aromatic carbocycles. The van der Waals surface area contributed by atoms with Crippen molar-refractivity contribution >= 4 is 0 Å². The summed E-state index contributed by atoms with van der Waals surface area (Å²) in [4.78, 5) is 2.00. The van der Waals surface area contributed by atoms with Crippen LogP contribution in [0.25, 0.3) is 0 Å². The van der Waals surface area contributed by atoms with Crippen molar-refractivity contribution in [1.29, 1.82) is 0 Å². The number of rotatable bonds is 0. The molecule has 0 saturated heterocycles. The van der Waals surface area contributed by atoms with E-state index in [1.165, 1.54) is 7.05 Å². The molecule has 70 valence electrons. The standard InChI is InChI=1S/C3H9N.C2H6.CH5N.2CH4/c1-4(2)3;2*1-2;;/h1-3H3;1-2H3;2H2,1H3;2*1H4. The van der Waals surface area contributed by atoms with Crippen LogP contribution in [0.15, 0.2) is 0 Å². The molecule has 0 spiro atoms. The van der Waals surface area contributed by atoms with Crippen LogP contribution in [0.3, 0.4) is 0 Å². The van der Waals surface area contributed by atoms with Crippen LogP contribution in [0.4, 0.5) is 0 Å². The Hall–Kier alpha value is -0.0800. The van der Waals surface area contributed by atoms with E-state index in [0.717, 1.165) is 0 Å². The van der Waals surface area contributed by atoms with Crippen molar-refractivity contribution < 1.29 is 0 Å². The van der Waals surface area contributed by atoms with Crippen molar-refractivity contribution in [3.05, 3.63) is 0 Å². The Morgan fingerprint density at radius 2 is 0.800 bits per heavy atom. The molecule has 0 bridgehead atoms. The molecule has 0 radical (unpaired) electrons. The van der Waals surface area contributed by atoms with Crippen LogP contribution in [-0.4, -0.2) is 33.1 Å². The predicted molar refractivity (Wildman–Crippen MR) is 54.5 cm³/mol. The highest BCUT2D eigenvalue weighted by Crippen LogP contribution is 1.47. The molecular formula is C8H28N2. The van der Waals surface area contributed by atoms with Crippen molar-refractivity contribution in [1.82, 2.24) is 4.90 Å². The van der Waals surface area contributed by atoms with Crippen LogP contribution in [-0.2, 0) is 0 Å². The zero-order valence-electron chi connectivity index (χ0n) is 7.02. The van der Waals surface area contributed by atoms with E-state index in [1.807, 2.05) is 39.9 Å². The van der Waals surface area contributed by atoms with Gasteiger partial charge in [-0.1, -0.05) is 28.7 Å². The predicted octanol–water partition coefficient (Wildman–Crippen LogP) is 2.05. The molecule has 0 atom stereocenters. The first kappa shape index (κ1) is 32.6. The summed E-state index contributed by atoms with van der Waals surface area (Å²) in [6.45, 7) is 4.00. The van der Waals surface area contributed by atoms with E-state index in [2.05, 4.69) is 5.73 Å². The van der Waals surface area contributed by atoms with Crippen molar-refractivity contribution in [2.24, 2.45) is 5.73 Å². The summed E-state index contributed by atoms with van der Waals surface area (Å²) in [7, 11) is 7.50. The van der Waals surface area contributed by atoms with Gasteiger partial charge >= 0.3 is 0 Å². The van der Waals surface area contributed by atoms with Crippen LogP contribution in [0.2, 0.25) is 0 Å². The Morgan fingerprint density at radius 3 is 0.800 bits per heavy atom. The molecule has 0 rings (SSSR count). The SMILES string of the molecule is C.C.CC.CN.CN(C)C. The average molecular weight is 152 g/mol. The molecular weight excluding hydrogens is 124 g/mol. The van der Waals surface area contributed by atoms with Crippen LogP contribution in [0.5, 0.6) is 0 Å². The summed E-state index contributed by atoms with van der Waals surface area (Å²) in [6, 6.07) is 0. The molecule has 0 unspecified atom stereocenters. The molecule has 0 heterocycles. The molecule has 2 N–H and O–H groups in total. The summed E-state index contributed by atoms with van der Waals surface area (Å²) >= 11 is 0. The molecule has 0 aliphatic rings. The van der Waals surface area contributed by atoms with Gasteiger partial charge in [-0.2, -0.15) is 0 Å². The molecule has 0 saturated carbocycles. The van der Waals surface area contributed by atoms with Gasteiger partial charge in [-0.3, -0.25) is 0 Å². The normalized spacial score (nSPS) is 4.80. The van der Waals surface area contributed by atoms with Gasteiger partial charge in [0.15, 0.2) is 0 Å². The van der Waals surface area contributed by atoms with Crippen LogP contribution in [0.1, 0.15) is 28.7 Å². The van der Waals surface area contributed by atoms with E-state index in [1.54, 1.807) is 0 Å². The smallest absolute Gasteiger partial charge is 0.0140 e. The van der Waals surface area contributed by atoms with E-state index in [0.29, 0.717) is 0 Å². The maximum absolute atomic E-state index is 4.50. The molecule has 2 nitrogen and oxygen atoms in total. The third kappa shape index (κ3) is 59300. The van der Waals surface area contributed by atoms with Gasteiger partial charge in [0.05, 0.1) is 0 Å². The van der Waals surface area contributed by atoms with Gasteiger partial charge < -0.3 is 10.6 Å². The maximum atomic E-state index is 4.50. The number of nitrogens with two attached hydrogens (primary N) is 1. The highest BCUT2D eigenvalue weighted by atomic mass is 15.0. The van der Waals surface area contributed by atoms with Gasteiger partial charge in [-0.05, 0) is 28.2 Å². The zero-order chi connectivity index (χ0) is 7.58. The third-order valence-corrected chi connectivity index (χ3v) is 0. The molecule has 2 heteroatoms. The van der Waals surface area contributed by atoms with Gasteiger partial charge in [0.25, 0.3) is 0 Å². The zero-order valence-corrected chi connectivity index (χ0v) is 7.02. The van der Waals surface area contributed by atoms with Crippen LogP contribution >= 0.6 is 0 Å². The number of hydrogen-bond acceptors (Lipinski definition) is 2. The van der Waals surface area contributed by atoms with E-state index in [9.17, 15) is 0 Å². The first-order chi connectivity index (χ1) is 3.73. The second kappa shape index (κ2) is 65.6. The molecule has 0 aromatic heterocycles. The lowest BCUT2D eigenvalue weighted by atomic mass is 11.0. The van der Waals surface area contributed by atoms with Crippen LogP contribution < -0.4 is 5.73 Å². The Morgan fingerprint density at radius 1 is 0.800 bits per heavy atom. The molecule has 10 heavy (non-hydrogen) atoms. The largest absolute Gasteiger partial charge is 0.333 e. The molecule has 0 fully saturated rings. The lowest BCUT2D eigenvalue weighted by Crippen LogP contribution is -1.99. The highest BCUT2D eigenvalue weighted by Gasteiger charge is 1.58. The lowest BCUT2D eigenvalue weighted by molar-refractivity contribution is 0.505. The number of hydrogen-bond donors (Lipinski definition) is 1. The first-order valence-electron chi connectivity index (χ1n) is 2.92. The highest BCUT2D eigenvalue weighted by molar-refractivity contribution is 4.09. The molecule has 0 aliphatic heterocycles. The molecule has 0 aromatic rings. The van der Waals surface area contributed by atoms with Crippen LogP contribution in [0, 0.1) is 0 Å². The monoisotopic (exact) mass is 152 g/mol. The summed E-state index contributed by atoms with van der Waals surface area (Å²) in [6.07, 6.45) is 0. The Labute approximate surface area is 68.4 Å². The fourth-order valence-electron chi connectivity index (χ4n) is 0. The minimum absolute atomic E-state index is 0. The Kier molecular flexibility index (Phi) is 214. The summed E-state index contributed by atoms with van der Waals surface area (Å²) in [5, 5.41) is 0. The van der Waals surface area contributed by atoms with Gasteiger partial charge in [-0.25, -0.2) is 0 Å². The van der Waals surface area contributed by atoms with Crippen molar-refractivity contribution in [3.63, 3.8) is 0 Å². The van der Waals surface area contributed by atoms with E-state index < -0.39 is 0 Å². The quantitative estimate of drug-likeness (QED) is 0.575. The van der Waals surface area contributed by atoms with E-state index >= 15 is 0 Å². The second-order valence-corrected chi connectivity index (χ2v) is 1.34. The van der Waals surface area contributed by atoms with Gasteiger partial charge in [0.1, 0.15) is 0 Å². The third-order valence-electron chi connectivity index (χ3n) is 0. The summed E-state index contributed by atoms with van der Waals surface area (Å²) < 4.78 is 0. The minimum atomic E-state index is 0. The Balaban J connectivity index is -0.0000000125. The lowest BCUT2D eigenvalue weighted by Gasteiger charge is -1.90. The second-order valence-electron chi connectivity index (χ2n) is 1.34. The first-order valence-corrected chi connectivity index (χ1v) is 2.92. The minimum Gasteiger partial charge on any atom is -0.333 e. The average Bonchev–Trinajstić information content (AvgIpc) is 1.75. The van der Waals surface area contributed by atoms with Gasteiger partial charge in [0.2, 0.25) is 0 Å². The Bertz CT molecular complexity index is 12.0. The van der Waals surface area contributed by atoms with E-state index in [4.69, 9.17) is 0 Å². The fourth-order valence-corrected chi connectivity index (χ4v) is 0.